The molecule has 0 bridgehead atoms. The molecule has 0 saturated carbocycles. The van der Waals surface area contributed by atoms with Crippen molar-refractivity contribution in [2.45, 2.75) is 86.0 Å². The summed E-state index contributed by atoms with van der Waals surface area (Å²) in [6, 6.07) is 0. The lowest BCUT2D eigenvalue weighted by Crippen LogP contribution is -2.45. The van der Waals surface area contributed by atoms with Crippen LogP contribution >= 0.6 is 11.3 Å². The van der Waals surface area contributed by atoms with Gasteiger partial charge in [0.05, 0.1) is 34.7 Å². The van der Waals surface area contributed by atoms with E-state index in [9.17, 15) is 24.6 Å². The fourth-order valence-corrected chi connectivity index (χ4v) is 4.76. The number of ether oxygens (including phenoxy) is 1. The van der Waals surface area contributed by atoms with E-state index < -0.39 is 41.5 Å². The van der Waals surface area contributed by atoms with Gasteiger partial charge in [-0.1, -0.05) is 40.7 Å². The van der Waals surface area contributed by atoms with Crippen LogP contribution < -0.4 is 0 Å². The molecule has 0 fully saturated rings. The Morgan fingerprint density at radius 2 is 1.83 bits per heavy atom. The third kappa shape index (κ3) is 7.66. The molecule has 2 heterocycles. The highest BCUT2D eigenvalue weighted by molar-refractivity contribution is 7.09. The largest absolute Gasteiger partial charge is 0.453 e. The van der Waals surface area contributed by atoms with Crippen molar-refractivity contribution in [1.82, 2.24) is 4.98 Å². The number of carbonyl (C=O) groups excluding carboxylic acids is 3. The molecule has 1 aliphatic rings. The van der Waals surface area contributed by atoms with Crippen LogP contribution in [-0.4, -0.2) is 51.0 Å². The molecule has 0 aliphatic carbocycles. The Labute approximate surface area is 212 Å². The SMILES string of the molecule is CC(=Cc1csc(C)n1)[C@@H]1C=CC(C)C(=O)CCC(C)[C@H](O)[C@@H](C)C(=O)C(C)(C)[C@@H](O)CC(=O)O1. The van der Waals surface area contributed by atoms with Crippen LogP contribution in [0.1, 0.15) is 71.5 Å². The molecule has 0 aromatic carbocycles. The molecule has 2 N–H and O–H groups in total. The quantitative estimate of drug-likeness (QED) is 0.455. The molecule has 7 nitrogen and oxygen atoms in total. The molecule has 35 heavy (non-hydrogen) atoms. The van der Waals surface area contributed by atoms with Crippen LogP contribution in [0, 0.1) is 30.1 Å². The minimum Gasteiger partial charge on any atom is -0.453 e. The van der Waals surface area contributed by atoms with E-state index in [1.54, 1.807) is 39.8 Å². The predicted octanol–water partition coefficient (Wildman–Crippen LogP) is 4.30. The lowest BCUT2D eigenvalue weighted by atomic mass is 9.73. The second-order valence-electron chi connectivity index (χ2n) is 10.3. The maximum atomic E-state index is 13.2. The topological polar surface area (TPSA) is 114 Å². The number of esters is 1. The Hall–Kier alpha value is -2.16. The monoisotopic (exact) mass is 505 g/mol. The van der Waals surface area contributed by atoms with Gasteiger partial charge in [-0.3, -0.25) is 14.4 Å². The number of ketones is 2. The summed E-state index contributed by atoms with van der Waals surface area (Å²) in [5.41, 5.74) is 0.199. The Bertz CT molecular complexity index is 978. The van der Waals surface area contributed by atoms with E-state index in [0.29, 0.717) is 6.42 Å². The summed E-state index contributed by atoms with van der Waals surface area (Å²) in [5, 5.41) is 24.4. The molecule has 0 amide bonds. The molecular formula is C27H39NO6S. The number of Topliss-reactive ketones (excluding diaryl/α,β-unsaturated/α-hetero) is 2. The first-order valence-electron chi connectivity index (χ1n) is 12.1. The van der Waals surface area contributed by atoms with Gasteiger partial charge in [0, 0.05) is 23.6 Å². The van der Waals surface area contributed by atoms with Crippen molar-refractivity contribution in [1.29, 1.82) is 0 Å². The Morgan fingerprint density at radius 3 is 2.43 bits per heavy atom. The van der Waals surface area contributed by atoms with Crippen molar-refractivity contribution >= 4 is 34.9 Å². The van der Waals surface area contributed by atoms with Crippen LogP contribution in [0.25, 0.3) is 6.08 Å². The fourth-order valence-electron chi connectivity index (χ4n) is 4.19. The van der Waals surface area contributed by atoms with Crippen LogP contribution in [0.3, 0.4) is 0 Å². The molecule has 2 unspecified atom stereocenters. The zero-order valence-electron chi connectivity index (χ0n) is 21.8. The average molecular weight is 506 g/mol. The molecule has 8 heteroatoms. The van der Waals surface area contributed by atoms with Gasteiger partial charge >= 0.3 is 5.97 Å². The van der Waals surface area contributed by atoms with E-state index in [1.165, 1.54) is 11.3 Å². The Balaban J connectivity index is 2.40. The minimum absolute atomic E-state index is 0.00367. The third-order valence-electron chi connectivity index (χ3n) is 6.99. The standard InChI is InChI=1S/C27H39NO6S/c1-15-9-11-22(17(3)12-20-14-35-19(5)28-20)34-24(31)13-23(30)27(6,7)26(33)18(4)25(32)16(2)8-10-21(15)29/h9,11-12,14-16,18,22-23,25,30,32H,8,10,13H2,1-7H3/t15?,16?,18-,22+,23+,25+/m1/s1. The number of rotatable bonds is 2. The van der Waals surface area contributed by atoms with Crippen molar-refractivity contribution in [2.24, 2.45) is 23.2 Å². The van der Waals surface area contributed by atoms with Gasteiger partial charge in [0.2, 0.25) is 0 Å². The number of hydrogen-bond donors (Lipinski definition) is 2. The van der Waals surface area contributed by atoms with Gasteiger partial charge in [-0.05, 0) is 43.9 Å². The second kappa shape index (κ2) is 12.2. The highest BCUT2D eigenvalue weighted by Gasteiger charge is 2.42. The molecule has 1 aromatic rings. The highest BCUT2D eigenvalue weighted by Crippen LogP contribution is 2.32. The molecular weight excluding hydrogens is 466 g/mol. The van der Waals surface area contributed by atoms with Crippen LogP contribution in [-0.2, 0) is 19.1 Å². The van der Waals surface area contributed by atoms with Crippen LogP contribution in [0.2, 0.25) is 0 Å². The molecule has 1 aromatic heterocycles. The van der Waals surface area contributed by atoms with Gasteiger partial charge in [-0.2, -0.15) is 0 Å². The number of allylic oxidation sites excluding steroid dienone is 1. The summed E-state index contributed by atoms with van der Waals surface area (Å²) < 4.78 is 5.69. The van der Waals surface area contributed by atoms with Gasteiger partial charge in [0.1, 0.15) is 17.7 Å². The number of hydrogen-bond acceptors (Lipinski definition) is 8. The number of aromatic nitrogens is 1. The van der Waals surface area contributed by atoms with Crippen LogP contribution in [0.5, 0.6) is 0 Å². The van der Waals surface area contributed by atoms with Crippen molar-refractivity contribution in [2.75, 3.05) is 0 Å². The van der Waals surface area contributed by atoms with Crippen molar-refractivity contribution in [3.05, 3.63) is 33.8 Å². The molecule has 0 saturated heterocycles. The lowest BCUT2D eigenvalue weighted by Gasteiger charge is -2.34. The smallest absolute Gasteiger partial charge is 0.309 e. The normalized spacial score (nSPS) is 31.9. The van der Waals surface area contributed by atoms with E-state index in [2.05, 4.69) is 4.98 Å². The lowest BCUT2D eigenvalue weighted by molar-refractivity contribution is -0.152. The summed E-state index contributed by atoms with van der Waals surface area (Å²) in [7, 11) is 0. The molecule has 194 valence electrons. The van der Waals surface area contributed by atoms with Gasteiger partial charge in [0.15, 0.2) is 0 Å². The van der Waals surface area contributed by atoms with Gasteiger partial charge in [-0.15, -0.1) is 11.3 Å². The van der Waals surface area contributed by atoms with Gasteiger partial charge in [-0.25, -0.2) is 4.98 Å². The molecule has 6 atom stereocenters. The molecule has 0 radical (unpaired) electrons. The first-order valence-corrected chi connectivity index (χ1v) is 13.0. The van der Waals surface area contributed by atoms with E-state index in [4.69, 9.17) is 4.74 Å². The first-order chi connectivity index (χ1) is 16.2. The van der Waals surface area contributed by atoms with E-state index in [0.717, 1.165) is 16.3 Å². The maximum absolute atomic E-state index is 13.2. The second-order valence-corrected chi connectivity index (χ2v) is 11.4. The van der Waals surface area contributed by atoms with Crippen molar-refractivity contribution in [3.63, 3.8) is 0 Å². The summed E-state index contributed by atoms with van der Waals surface area (Å²) in [4.78, 5) is 43.1. The first kappa shape index (κ1) is 29.1. The molecule has 0 spiro atoms. The number of aliphatic hydroxyl groups is 2. The number of cyclic esters (lactones) is 1. The number of aryl methyl sites for hydroxylation is 1. The van der Waals surface area contributed by atoms with Crippen LogP contribution in [0.4, 0.5) is 0 Å². The van der Waals surface area contributed by atoms with E-state index in [-0.39, 0.29) is 30.3 Å². The predicted molar refractivity (Wildman–Crippen MR) is 137 cm³/mol. The maximum Gasteiger partial charge on any atom is 0.309 e. The summed E-state index contributed by atoms with van der Waals surface area (Å²) in [6.45, 7) is 12.1. The summed E-state index contributed by atoms with van der Waals surface area (Å²) >= 11 is 1.51. The Kier molecular flexibility index (Phi) is 10.1. The van der Waals surface area contributed by atoms with Crippen LogP contribution in [0.15, 0.2) is 23.1 Å². The Morgan fingerprint density at radius 1 is 1.17 bits per heavy atom. The highest BCUT2D eigenvalue weighted by atomic mass is 32.1. The third-order valence-corrected chi connectivity index (χ3v) is 7.78. The minimum atomic E-state index is -1.28. The van der Waals surface area contributed by atoms with E-state index in [1.807, 2.05) is 32.2 Å². The van der Waals surface area contributed by atoms with Gasteiger partial charge < -0.3 is 14.9 Å². The molecule has 1 aliphatic heterocycles. The van der Waals surface area contributed by atoms with Gasteiger partial charge in [0.25, 0.3) is 0 Å². The average Bonchev–Trinajstić information content (AvgIpc) is 3.21. The number of carbonyl (C=O) groups is 3. The summed E-state index contributed by atoms with van der Waals surface area (Å²) in [6.07, 6.45) is 2.56. The number of thiazole rings is 1. The van der Waals surface area contributed by atoms with Crippen molar-refractivity contribution < 1.29 is 29.3 Å². The number of aliphatic hydroxyl groups excluding tert-OH is 2. The fraction of sp³-hybridized carbons (Fsp3) is 0.630. The van der Waals surface area contributed by atoms with E-state index >= 15 is 0 Å². The zero-order chi connectivity index (χ0) is 26.5. The molecule has 2 rings (SSSR count). The zero-order valence-corrected chi connectivity index (χ0v) is 22.6. The van der Waals surface area contributed by atoms with Crippen molar-refractivity contribution in [3.8, 4) is 0 Å². The number of nitrogens with zero attached hydrogens (tertiary/aromatic N) is 1. The summed E-state index contributed by atoms with van der Waals surface area (Å²) in [5.74, 6) is -2.45.